The number of rotatable bonds is 5. The number of anilines is 1. The molecule has 16 heavy (non-hydrogen) atoms. The van der Waals surface area contributed by atoms with Crippen molar-refractivity contribution in [2.75, 3.05) is 11.9 Å². The van der Waals surface area contributed by atoms with Crippen LogP contribution in [0, 0.1) is 0 Å². The van der Waals surface area contributed by atoms with E-state index in [4.69, 9.17) is 9.52 Å². The van der Waals surface area contributed by atoms with Crippen molar-refractivity contribution in [2.45, 2.75) is 12.5 Å². The number of hydrogen-bond donors (Lipinski definition) is 2. The van der Waals surface area contributed by atoms with Gasteiger partial charge >= 0.3 is 0 Å². The number of aromatic nitrogens is 2. The molecule has 0 spiro atoms. The molecular weight excluding hydrogens is 206 g/mol. The zero-order valence-corrected chi connectivity index (χ0v) is 8.71. The Hall–Kier alpha value is -1.88. The Bertz CT molecular complexity index is 402. The van der Waals surface area contributed by atoms with Crippen molar-refractivity contribution in [1.82, 2.24) is 9.97 Å². The van der Waals surface area contributed by atoms with Gasteiger partial charge in [-0.25, -0.2) is 9.97 Å². The van der Waals surface area contributed by atoms with Gasteiger partial charge in [0.25, 0.3) is 0 Å². The number of aliphatic hydroxyl groups is 1. The first-order valence-electron chi connectivity index (χ1n) is 5.08. The molecule has 2 heterocycles. The minimum absolute atomic E-state index is 0.0746. The topological polar surface area (TPSA) is 71.2 Å². The molecule has 1 unspecified atom stereocenters. The first kappa shape index (κ1) is 10.6. The number of aliphatic hydroxyl groups excluding tert-OH is 1. The normalized spacial score (nSPS) is 12.3. The average Bonchev–Trinajstić information content (AvgIpc) is 2.83. The highest BCUT2D eigenvalue weighted by molar-refractivity contribution is 5.27. The quantitative estimate of drug-likeness (QED) is 0.799. The lowest BCUT2D eigenvalue weighted by atomic mass is 10.1. The van der Waals surface area contributed by atoms with Crippen LogP contribution in [0.5, 0.6) is 0 Å². The molecule has 0 aromatic carbocycles. The van der Waals surface area contributed by atoms with Gasteiger partial charge in [0, 0.05) is 19.0 Å². The zero-order chi connectivity index (χ0) is 11.2. The summed E-state index contributed by atoms with van der Waals surface area (Å²) in [7, 11) is 0. The predicted molar refractivity (Wildman–Crippen MR) is 58.8 cm³/mol. The molecule has 0 radical (unpaired) electrons. The van der Waals surface area contributed by atoms with Gasteiger partial charge in [-0.3, -0.25) is 0 Å². The van der Waals surface area contributed by atoms with Crippen LogP contribution in [0.2, 0.25) is 0 Å². The molecule has 0 aliphatic rings. The first-order valence-corrected chi connectivity index (χ1v) is 5.08. The monoisotopic (exact) mass is 219 g/mol. The summed E-state index contributed by atoms with van der Waals surface area (Å²) in [5.41, 5.74) is 0. The van der Waals surface area contributed by atoms with Crippen LogP contribution in [0.1, 0.15) is 18.2 Å². The van der Waals surface area contributed by atoms with Crippen LogP contribution in [-0.2, 0) is 0 Å². The number of hydrogen-bond acceptors (Lipinski definition) is 5. The molecular formula is C11H13N3O2. The predicted octanol–water partition coefficient (Wildman–Crippen LogP) is 1.61. The van der Waals surface area contributed by atoms with Gasteiger partial charge in [-0.2, -0.15) is 0 Å². The highest BCUT2D eigenvalue weighted by Crippen LogP contribution is 2.20. The Balaban J connectivity index is 2.09. The standard InChI is InChI=1S/C11H13N3O2/c15-7-4-9(10-3-1-8-16-10)14-11-12-5-2-6-13-11/h1-3,5-6,8-9,15H,4,7H2,(H,12,13,14). The van der Waals surface area contributed by atoms with Crippen molar-refractivity contribution in [1.29, 1.82) is 0 Å². The fraction of sp³-hybridized carbons (Fsp3) is 0.273. The Morgan fingerprint density at radius 3 is 2.75 bits per heavy atom. The Morgan fingerprint density at radius 1 is 1.31 bits per heavy atom. The van der Waals surface area contributed by atoms with Crippen molar-refractivity contribution >= 4 is 5.95 Å². The number of furan rings is 1. The minimum atomic E-state index is -0.109. The van der Waals surface area contributed by atoms with E-state index >= 15 is 0 Å². The van der Waals surface area contributed by atoms with Crippen LogP contribution in [0.25, 0.3) is 0 Å². The molecule has 2 aromatic rings. The second kappa shape index (κ2) is 5.27. The molecule has 84 valence electrons. The second-order valence-electron chi connectivity index (χ2n) is 3.30. The van der Waals surface area contributed by atoms with Gasteiger partial charge < -0.3 is 14.8 Å². The van der Waals surface area contributed by atoms with Crippen molar-refractivity contribution in [3.63, 3.8) is 0 Å². The highest BCUT2D eigenvalue weighted by atomic mass is 16.3. The van der Waals surface area contributed by atoms with Crippen LogP contribution in [-0.4, -0.2) is 21.7 Å². The first-order chi connectivity index (χ1) is 7.90. The molecule has 0 saturated carbocycles. The summed E-state index contributed by atoms with van der Waals surface area (Å²) in [6.45, 7) is 0.0746. The Labute approximate surface area is 93.2 Å². The summed E-state index contributed by atoms with van der Waals surface area (Å²) in [5, 5.41) is 12.1. The van der Waals surface area contributed by atoms with Gasteiger partial charge in [0.15, 0.2) is 0 Å². The van der Waals surface area contributed by atoms with Crippen LogP contribution in [0.15, 0.2) is 41.3 Å². The van der Waals surface area contributed by atoms with E-state index in [-0.39, 0.29) is 12.6 Å². The molecule has 2 N–H and O–H groups in total. The summed E-state index contributed by atoms with van der Waals surface area (Å²) in [6.07, 6.45) is 5.47. The third kappa shape index (κ3) is 2.58. The lowest BCUT2D eigenvalue weighted by molar-refractivity contribution is 0.273. The summed E-state index contributed by atoms with van der Waals surface area (Å²) >= 11 is 0. The Kier molecular flexibility index (Phi) is 3.50. The van der Waals surface area contributed by atoms with Crippen molar-refractivity contribution in [3.8, 4) is 0 Å². The summed E-state index contributed by atoms with van der Waals surface area (Å²) in [4.78, 5) is 8.13. The average molecular weight is 219 g/mol. The molecule has 0 fully saturated rings. The zero-order valence-electron chi connectivity index (χ0n) is 8.71. The van der Waals surface area contributed by atoms with Gasteiger partial charge in [-0.15, -0.1) is 0 Å². The molecule has 1 atom stereocenters. The van der Waals surface area contributed by atoms with E-state index in [1.807, 2.05) is 12.1 Å². The third-order valence-corrected chi connectivity index (χ3v) is 2.17. The lowest BCUT2D eigenvalue weighted by Crippen LogP contribution is -2.13. The van der Waals surface area contributed by atoms with Crippen molar-refractivity contribution in [3.05, 3.63) is 42.6 Å². The maximum Gasteiger partial charge on any atom is 0.223 e. The Morgan fingerprint density at radius 2 is 2.12 bits per heavy atom. The maximum absolute atomic E-state index is 8.99. The van der Waals surface area contributed by atoms with E-state index in [1.54, 1.807) is 24.7 Å². The largest absolute Gasteiger partial charge is 0.467 e. The number of nitrogens with one attached hydrogen (secondary N) is 1. The van der Waals surface area contributed by atoms with Crippen LogP contribution in [0.3, 0.4) is 0 Å². The molecule has 0 amide bonds. The van der Waals surface area contributed by atoms with Gasteiger partial charge in [-0.1, -0.05) is 0 Å². The van der Waals surface area contributed by atoms with Crippen LogP contribution >= 0.6 is 0 Å². The SMILES string of the molecule is OCCC(Nc1ncccn1)c1ccco1. The molecule has 2 aromatic heterocycles. The highest BCUT2D eigenvalue weighted by Gasteiger charge is 2.14. The van der Waals surface area contributed by atoms with E-state index in [0.717, 1.165) is 5.76 Å². The molecule has 2 rings (SSSR count). The fourth-order valence-corrected chi connectivity index (χ4v) is 1.43. The molecule has 0 aliphatic carbocycles. The van der Waals surface area contributed by atoms with Gasteiger partial charge in [-0.05, 0) is 24.6 Å². The molecule has 0 saturated heterocycles. The molecule has 0 aliphatic heterocycles. The van der Waals surface area contributed by atoms with Crippen LogP contribution in [0.4, 0.5) is 5.95 Å². The van der Waals surface area contributed by atoms with Gasteiger partial charge in [0.1, 0.15) is 5.76 Å². The number of nitrogens with zero attached hydrogens (tertiary/aromatic N) is 2. The third-order valence-electron chi connectivity index (χ3n) is 2.17. The van der Waals surface area contributed by atoms with E-state index < -0.39 is 0 Å². The van der Waals surface area contributed by atoms with Crippen LogP contribution < -0.4 is 5.32 Å². The molecule has 0 bridgehead atoms. The van der Waals surface area contributed by atoms with Crippen molar-refractivity contribution < 1.29 is 9.52 Å². The fourth-order valence-electron chi connectivity index (χ4n) is 1.43. The lowest BCUT2D eigenvalue weighted by Gasteiger charge is -2.14. The summed E-state index contributed by atoms with van der Waals surface area (Å²) in [6, 6.07) is 5.31. The van der Waals surface area contributed by atoms with E-state index in [1.165, 1.54) is 0 Å². The van der Waals surface area contributed by atoms with E-state index in [9.17, 15) is 0 Å². The van der Waals surface area contributed by atoms with E-state index in [0.29, 0.717) is 12.4 Å². The molecule has 5 nitrogen and oxygen atoms in total. The summed E-state index contributed by atoms with van der Waals surface area (Å²) in [5.74, 6) is 1.29. The molecule has 5 heteroatoms. The second-order valence-corrected chi connectivity index (χ2v) is 3.30. The van der Waals surface area contributed by atoms with E-state index in [2.05, 4.69) is 15.3 Å². The van der Waals surface area contributed by atoms with Gasteiger partial charge in [0.05, 0.1) is 12.3 Å². The van der Waals surface area contributed by atoms with Crippen molar-refractivity contribution in [2.24, 2.45) is 0 Å². The smallest absolute Gasteiger partial charge is 0.223 e. The maximum atomic E-state index is 8.99. The van der Waals surface area contributed by atoms with Gasteiger partial charge in [0.2, 0.25) is 5.95 Å². The minimum Gasteiger partial charge on any atom is -0.467 e. The summed E-state index contributed by atoms with van der Waals surface area (Å²) < 4.78 is 5.29.